The summed E-state index contributed by atoms with van der Waals surface area (Å²) < 4.78 is 0. The Balaban J connectivity index is 1.90. The third-order valence-corrected chi connectivity index (χ3v) is 3.23. The Kier molecular flexibility index (Phi) is 3.36. The van der Waals surface area contributed by atoms with Crippen molar-refractivity contribution in [3.05, 3.63) is 0 Å². The molecule has 84 valence electrons. The molecule has 2 rings (SSSR count). The number of carbonyl (C=O) groups excluding carboxylic acids is 2. The predicted octanol–water partition coefficient (Wildman–Crippen LogP) is 0.320. The number of Topliss-reactive ketones (excluding diaryl/α,β-unsaturated/α-hetero) is 1. The van der Waals surface area contributed by atoms with E-state index in [1.54, 1.807) is 4.90 Å². The highest BCUT2D eigenvalue weighted by atomic mass is 16.2. The summed E-state index contributed by atoms with van der Waals surface area (Å²) in [5.41, 5.74) is 0. The fraction of sp³-hybridized carbons (Fsp3) is 0.818. The van der Waals surface area contributed by atoms with Gasteiger partial charge in [0, 0.05) is 13.1 Å². The summed E-state index contributed by atoms with van der Waals surface area (Å²) in [5, 5.41) is 3.08. The highest BCUT2D eigenvalue weighted by Crippen LogP contribution is 2.12. The highest BCUT2D eigenvalue weighted by molar-refractivity contribution is 6.38. The Morgan fingerprint density at radius 3 is 2.40 bits per heavy atom. The van der Waals surface area contributed by atoms with Gasteiger partial charge in [0.1, 0.15) is 0 Å². The van der Waals surface area contributed by atoms with Crippen LogP contribution in [0, 0.1) is 0 Å². The minimum Gasteiger partial charge on any atom is -0.336 e. The van der Waals surface area contributed by atoms with Crippen molar-refractivity contribution in [3.63, 3.8) is 0 Å². The molecule has 2 aliphatic heterocycles. The van der Waals surface area contributed by atoms with Crippen molar-refractivity contribution in [1.29, 1.82) is 0 Å². The normalized spacial score (nSPS) is 26.7. The van der Waals surface area contributed by atoms with Gasteiger partial charge in [0.25, 0.3) is 5.91 Å². The molecule has 1 amide bonds. The number of hydrogen-bond donors (Lipinski definition) is 1. The summed E-state index contributed by atoms with van der Waals surface area (Å²) >= 11 is 0. The molecule has 2 heterocycles. The molecule has 0 spiro atoms. The Hall–Kier alpha value is -0.900. The first-order chi connectivity index (χ1) is 7.29. The van der Waals surface area contributed by atoms with E-state index in [0.717, 1.165) is 45.3 Å². The molecular formula is C11H18N2O2. The van der Waals surface area contributed by atoms with E-state index in [9.17, 15) is 9.59 Å². The lowest BCUT2D eigenvalue weighted by Gasteiger charge is -2.26. The van der Waals surface area contributed by atoms with E-state index in [4.69, 9.17) is 0 Å². The van der Waals surface area contributed by atoms with E-state index in [0.29, 0.717) is 0 Å². The van der Waals surface area contributed by atoms with Crippen molar-refractivity contribution >= 4 is 11.7 Å². The third-order valence-electron chi connectivity index (χ3n) is 3.23. The maximum atomic E-state index is 11.8. The molecule has 0 aromatic carbocycles. The second-order valence-corrected chi connectivity index (χ2v) is 4.37. The van der Waals surface area contributed by atoms with E-state index in [-0.39, 0.29) is 17.7 Å². The van der Waals surface area contributed by atoms with Gasteiger partial charge in [-0.2, -0.15) is 0 Å². The first-order valence-electron chi connectivity index (χ1n) is 5.85. The van der Waals surface area contributed by atoms with E-state index in [2.05, 4.69) is 5.32 Å². The quantitative estimate of drug-likeness (QED) is 0.668. The summed E-state index contributed by atoms with van der Waals surface area (Å²) in [6.07, 6.45) is 5.08. The second kappa shape index (κ2) is 4.75. The predicted molar refractivity (Wildman–Crippen MR) is 56.5 cm³/mol. The molecule has 15 heavy (non-hydrogen) atoms. The topological polar surface area (TPSA) is 49.4 Å². The first kappa shape index (κ1) is 10.6. The minimum absolute atomic E-state index is 0.209. The Morgan fingerprint density at radius 2 is 1.80 bits per heavy atom. The fourth-order valence-electron chi connectivity index (χ4n) is 2.31. The molecule has 1 atom stereocenters. The molecule has 2 saturated heterocycles. The summed E-state index contributed by atoms with van der Waals surface area (Å²) in [6.45, 7) is 2.39. The minimum atomic E-state index is -0.269. The molecule has 0 aromatic heterocycles. The van der Waals surface area contributed by atoms with Crippen LogP contribution in [0.4, 0.5) is 0 Å². The zero-order chi connectivity index (χ0) is 10.7. The van der Waals surface area contributed by atoms with Crippen LogP contribution in [0.1, 0.15) is 32.1 Å². The molecular weight excluding hydrogens is 192 g/mol. The van der Waals surface area contributed by atoms with E-state index in [1.165, 1.54) is 6.42 Å². The number of hydrogen-bond acceptors (Lipinski definition) is 3. The van der Waals surface area contributed by atoms with Gasteiger partial charge in [-0.1, -0.05) is 0 Å². The summed E-state index contributed by atoms with van der Waals surface area (Å²) in [5.74, 6) is -0.497. The molecule has 0 aliphatic carbocycles. The van der Waals surface area contributed by atoms with Crippen LogP contribution in [-0.2, 0) is 9.59 Å². The average molecular weight is 210 g/mol. The van der Waals surface area contributed by atoms with Gasteiger partial charge in [-0.3, -0.25) is 9.59 Å². The maximum Gasteiger partial charge on any atom is 0.291 e. The van der Waals surface area contributed by atoms with Crippen molar-refractivity contribution in [2.45, 2.75) is 38.1 Å². The summed E-state index contributed by atoms with van der Waals surface area (Å²) in [6, 6.07) is -0.209. The number of nitrogens with one attached hydrogen (secondary N) is 1. The third kappa shape index (κ3) is 2.37. The van der Waals surface area contributed by atoms with Gasteiger partial charge in [-0.05, 0) is 38.6 Å². The molecule has 2 aliphatic rings. The molecule has 1 N–H and O–H groups in total. The fourth-order valence-corrected chi connectivity index (χ4v) is 2.31. The SMILES string of the molecule is O=C(C(=O)N1CCCCC1)C1CCCN1. The number of likely N-dealkylation sites (tertiary alicyclic amines) is 1. The van der Waals surface area contributed by atoms with Gasteiger partial charge in [0.15, 0.2) is 0 Å². The van der Waals surface area contributed by atoms with Crippen LogP contribution in [0.2, 0.25) is 0 Å². The lowest BCUT2D eigenvalue weighted by Crippen LogP contribution is -2.46. The molecule has 4 nitrogen and oxygen atoms in total. The Labute approximate surface area is 90.0 Å². The lowest BCUT2D eigenvalue weighted by atomic mass is 10.1. The summed E-state index contributed by atoms with van der Waals surface area (Å²) in [4.78, 5) is 25.3. The standard InChI is InChI=1S/C11H18N2O2/c14-10(9-5-4-6-12-9)11(15)13-7-2-1-3-8-13/h9,12H,1-8H2. The van der Waals surface area contributed by atoms with Crippen molar-refractivity contribution < 1.29 is 9.59 Å². The number of rotatable bonds is 2. The van der Waals surface area contributed by atoms with E-state index < -0.39 is 0 Å². The number of amides is 1. The lowest BCUT2D eigenvalue weighted by molar-refractivity contribution is -0.146. The first-order valence-corrected chi connectivity index (χ1v) is 5.85. The van der Waals surface area contributed by atoms with Gasteiger partial charge in [0.2, 0.25) is 5.78 Å². The van der Waals surface area contributed by atoms with Gasteiger partial charge < -0.3 is 10.2 Å². The van der Waals surface area contributed by atoms with E-state index >= 15 is 0 Å². The summed E-state index contributed by atoms with van der Waals surface area (Å²) in [7, 11) is 0. The smallest absolute Gasteiger partial charge is 0.291 e. The monoisotopic (exact) mass is 210 g/mol. The van der Waals surface area contributed by atoms with Crippen LogP contribution < -0.4 is 5.32 Å². The van der Waals surface area contributed by atoms with Gasteiger partial charge >= 0.3 is 0 Å². The number of piperidine rings is 1. The largest absolute Gasteiger partial charge is 0.336 e. The van der Waals surface area contributed by atoms with Crippen LogP contribution in [-0.4, -0.2) is 42.3 Å². The number of carbonyl (C=O) groups is 2. The zero-order valence-electron chi connectivity index (χ0n) is 9.00. The average Bonchev–Trinajstić information content (AvgIpc) is 2.82. The van der Waals surface area contributed by atoms with Crippen molar-refractivity contribution in [1.82, 2.24) is 10.2 Å². The molecule has 1 unspecified atom stereocenters. The Morgan fingerprint density at radius 1 is 1.07 bits per heavy atom. The van der Waals surface area contributed by atoms with Crippen molar-refractivity contribution in [2.24, 2.45) is 0 Å². The van der Waals surface area contributed by atoms with Gasteiger partial charge in [0.05, 0.1) is 6.04 Å². The van der Waals surface area contributed by atoms with Crippen molar-refractivity contribution in [3.8, 4) is 0 Å². The Bertz CT molecular complexity index is 253. The molecule has 2 fully saturated rings. The molecule has 4 heteroatoms. The van der Waals surface area contributed by atoms with Crippen LogP contribution >= 0.6 is 0 Å². The molecule has 0 aromatic rings. The maximum absolute atomic E-state index is 11.8. The molecule has 0 bridgehead atoms. The van der Waals surface area contributed by atoms with Crippen molar-refractivity contribution in [2.75, 3.05) is 19.6 Å². The second-order valence-electron chi connectivity index (χ2n) is 4.37. The zero-order valence-corrected chi connectivity index (χ0v) is 9.00. The van der Waals surface area contributed by atoms with Gasteiger partial charge in [-0.15, -0.1) is 0 Å². The van der Waals surface area contributed by atoms with Crippen LogP contribution in [0.3, 0.4) is 0 Å². The molecule has 0 radical (unpaired) electrons. The van der Waals surface area contributed by atoms with Crippen LogP contribution in [0.25, 0.3) is 0 Å². The highest BCUT2D eigenvalue weighted by Gasteiger charge is 2.31. The van der Waals surface area contributed by atoms with Gasteiger partial charge in [-0.25, -0.2) is 0 Å². The number of ketones is 1. The number of nitrogens with zero attached hydrogens (tertiary/aromatic N) is 1. The van der Waals surface area contributed by atoms with Crippen LogP contribution in [0.15, 0.2) is 0 Å². The molecule has 0 saturated carbocycles. The van der Waals surface area contributed by atoms with Crippen LogP contribution in [0.5, 0.6) is 0 Å². The van der Waals surface area contributed by atoms with E-state index in [1.807, 2.05) is 0 Å².